The maximum Gasteiger partial charge on any atom is 0.326 e. The van der Waals surface area contributed by atoms with Gasteiger partial charge in [-0.2, -0.15) is 0 Å². The van der Waals surface area contributed by atoms with E-state index in [-0.39, 0.29) is 24.2 Å². The van der Waals surface area contributed by atoms with Crippen molar-refractivity contribution in [2.75, 3.05) is 0 Å². The van der Waals surface area contributed by atoms with Crippen LogP contribution in [0.25, 0.3) is 10.2 Å². The van der Waals surface area contributed by atoms with Crippen LogP contribution in [0.2, 0.25) is 0 Å². The molecule has 1 saturated carbocycles. The number of aryl methyl sites for hydroxylation is 1. The zero-order chi connectivity index (χ0) is 15.7. The lowest BCUT2D eigenvalue weighted by Gasteiger charge is -2.26. The Morgan fingerprint density at radius 2 is 2.32 bits per heavy atom. The van der Waals surface area contributed by atoms with Crippen molar-refractivity contribution in [1.29, 1.82) is 0 Å². The van der Waals surface area contributed by atoms with Crippen LogP contribution in [0.4, 0.5) is 0 Å². The number of carbonyl (C=O) groups excluding carboxylic acids is 1. The topological polar surface area (TPSA) is 61.2 Å². The molecule has 0 saturated heterocycles. The number of thiophene rings is 1. The summed E-state index contributed by atoms with van der Waals surface area (Å²) in [5, 5.41) is 0.573. The van der Waals surface area contributed by atoms with Crippen molar-refractivity contribution in [3.8, 4) is 0 Å². The molecule has 5 nitrogen and oxygen atoms in total. The number of esters is 1. The van der Waals surface area contributed by atoms with E-state index in [4.69, 9.17) is 4.74 Å². The Kier molecular flexibility index (Phi) is 4.29. The average molecular weight is 320 g/mol. The van der Waals surface area contributed by atoms with Crippen LogP contribution in [0.5, 0.6) is 0 Å². The highest BCUT2D eigenvalue weighted by molar-refractivity contribution is 7.18. The van der Waals surface area contributed by atoms with Crippen LogP contribution in [0.15, 0.2) is 17.2 Å². The molecule has 0 radical (unpaired) electrons. The number of ether oxygens (including phenoxy) is 1. The first-order valence-corrected chi connectivity index (χ1v) is 8.49. The zero-order valence-electron chi connectivity index (χ0n) is 12.9. The quantitative estimate of drug-likeness (QED) is 0.816. The van der Waals surface area contributed by atoms with Crippen LogP contribution in [-0.4, -0.2) is 21.6 Å². The fourth-order valence-electron chi connectivity index (χ4n) is 3.04. The van der Waals surface area contributed by atoms with Crippen LogP contribution in [0, 0.1) is 12.8 Å². The predicted molar refractivity (Wildman–Crippen MR) is 86.1 cm³/mol. The van der Waals surface area contributed by atoms with Gasteiger partial charge in [-0.25, -0.2) is 4.98 Å². The molecule has 2 aromatic heterocycles. The monoisotopic (exact) mass is 320 g/mol. The van der Waals surface area contributed by atoms with Gasteiger partial charge < -0.3 is 4.74 Å². The normalized spacial score (nSPS) is 21.9. The summed E-state index contributed by atoms with van der Waals surface area (Å²) >= 11 is 1.48. The number of hydrogen-bond acceptors (Lipinski definition) is 5. The second-order valence-electron chi connectivity index (χ2n) is 6.14. The molecule has 6 heteroatoms. The highest BCUT2D eigenvalue weighted by Gasteiger charge is 2.22. The lowest BCUT2D eigenvalue weighted by molar-refractivity contribution is -0.152. The molecule has 0 spiro atoms. The molecule has 22 heavy (non-hydrogen) atoms. The molecule has 118 valence electrons. The number of fused-ring (bicyclic) bond motifs is 1. The Morgan fingerprint density at radius 3 is 3.09 bits per heavy atom. The molecule has 0 bridgehead atoms. The number of aromatic nitrogens is 2. The molecule has 1 fully saturated rings. The first kappa shape index (κ1) is 15.2. The second-order valence-corrected chi connectivity index (χ2v) is 7.37. The van der Waals surface area contributed by atoms with Crippen LogP contribution < -0.4 is 5.56 Å². The molecule has 0 unspecified atom stereocenters. The Labute approximate surface area is 132 Å². The number of hydrogen-bond donors (Lipinski definition) is 0. The van der Waals surface area contributed by atoms with Gasteiger partial charge in [0.2, 0.25) is 0 Å². The Hall–Kier alpha value is -1.69. The second kappa shape index (κ2) is 6.20. The third kappa shape index (κ3) is 3.21. The van der Waals surface area contributed by atoms with Gasteiger partial charge in [0.05, 0.1) is 11.7 Å². The third-order valence-corrected chi connectivity index (χ3v) is 5.09. The van der Waals surface area contributed by atoms with Crippen molar-refractivity contribution in [1.82, 2.24) is 9.55 Å². The highest BCUT2D eigenvalue weighted by Crippen LogP contribution is 2.25. The van der Waals surface area contributed by atoms with Gasteiger partial charge in [-0.3, -0.25) is 14.2 Å². The molecule has 2 aromatic rings. The van der Waals surface area contributed by atoms with Crippen molar-refractivity contribution in [3.05, 3.63) is 27.6 Å². The number of carbonyl (C=O) groups is 1. The largest absolute Gasteiger partial charge is 0.461 e. The number of rotatable bonds is 3. The minimum Gasteiger partial charge on any atom is -0.461 e. The van der Waals surface area contributed by atoms with Gasteiger partial charge in [-0.05, 0) is 38.2 Å². The molecule has 0 amide bonds. The molecule has 2 heterocycles. The Morgan fingerprint density at radius 1 is 1.50 bits per heavy atom. The van der Waals surface area contributed by atoms with E-state index in [9.17, 15) is 9.59 Å². The van der Waals surface area contributed by atoms with Crippen LogP contribution in [0.3, 0.4) is 0 Å². The van der Waals surface area contributed by atoms with Gasteiger partial charge in [0, 0.05) is 4.88 Å². The molecule has 0 N–H and O–H groups in total. The summed E-state index contributed by atoms with van der Waals surface area (Å²) < 4.78 is 6.85. The van der Waals surface area contributed by atoms with E-state index in [0.29, 0.717) is 16.1 Å². The van der Waals surface area contributed by atoms with Crippen molar-refractivity contribution in [2.24, 2.45) is 5.92 Å². The molecule has 1 aliphatic rings. The van der Waals surface area contributed by atoms with Gasteiger partial charge >= 0.3 is 5.97 Å². The Balaban J connectivity index is 1.71. The molecule has 3 rings (SSSR count). The fraction of sp³-hybridized carbons (Fsp3) is 0.562. The summed E-state index contributed by atoms with van der Waals surface area (Å²) in [6, 6.07) is 1.82. The van der Waals surface area contributed by atoms with E-state index >= 15 is 0 Å². The van der Waals surface area contributed by atoms with Gasteiger partial charge in [0.15, 0.2) is 0 Å². The van der Waals surface area contributed by atoms with Crippen LogP contribution in [-0.2, 0) is 16.1 Å². The summed E-state index contributed by atoms with van der Waals surface area (Å²) in [5.74, 6) is 0.246. The van der Waals surface area contributed by atoms with Gasteiger partial charge in [-0.15, -0.1) is 11.3 Å². The predicted octanol–water partition coefficient (Wildman–Crippen LogP) is 2.89. The number of nitrogens with zero attached hydrogens (tertiary/aromatic N) is 2. The van der Waals surface area contributed by atoms with Gasteiger partial charge in [-0.1, -0.05) is 13.3 Å². The SMILES string of the molecule is Cc1cc2c(=O)n(CC(=O)O[C@@H]3CCC[C@H](C)C3)cnc2s1. The fourth-order valence-corrected chi connectivity index (χ4v) is 3.88. The highest BCUT2D eigenvalue weighted by atomic mass is 32.1. The van der Waals surface area contributed by atoms with Crippen molar-refractivity contribution >= 4 is 27.5 Å². The minimum absolute atomic E-state index is 0.00738. The molecular weight excluding hydrogens is 300 g/mol. The van der Waals surface area contributed by atoms with E-state index in [0.717, 1.165) is 24.1 Å². The maximum atomic E-state index is 12.3. The zero-order valence-corrected chi connectivity index (χ0v) is 13.7. The Bertz CT molecular complexity index is 749. The van der Waals surface area contributed by atoms with Gasteiger partial charge in [0.1, 0.15) is 17.5 Å². The van der Waals surface area contributed by atoms with Crippen LogP contribution in [0.1, 0.15) is 37.5 Å². The summed E-state index contributed by atoms with van der Waals surface area (Å²) in [4.78, 5) is 30.4. The third-order valence-electron chi connectivity index (χ3n) is 4.13. The summed E-state index contributed by atoms with van der Waals surface area (Å²) in [7, 11) is 0. The lowest BCUT2D eigenvalue weighted by atomic mass is 9.89. The van der Waals surface area contributed by atoms with E-state index in [1.165, 1.54) is 28.7 Å². The first-order chi connectivity index (χ1) is 10.5. The molecule has 0 aromatic carbocycles. The maximum absolute atomic E-state index is 12.3. The summed E-state index contributed by atoms with van der Waals surface area (Å²) in [6.07, 6.45) is 5.57. The summed E-state index contributed by atoms with van der Waals surface area (Å²) in [5.41, 5.74) is -0.177. The minimum atomic E-state index is -0.352. The van der Waals surface area contributed by atoms with E-state index in [1.54, 1.807) is 0 Å². The molecule has 2 atom stereocenters. The molecule has 0 aliphatic heterocycles. The van der Waals surface area contributed by atoms with Crippen LogP contribution >= 0.6 is 11.3 Å². The van der Waals surface area contributed by atoms with Crippen molar-refractivity contribution in [3.63, 3.8) is 0 Å². The van der Waals surface area contributed by atoms with E-state index < -0.39 is 0 Å². The lowest BCUT2D eigenvalue weighted by Crippen LogP contribution is -2.30. The van der Waals surface area contributed by atoms with Crippen molar-refractivity contribution < 1.29 is 9.53 Å². The smallest absolute Gasteiger partial charge is 0.326 e. The van der Waals surface area contributed by atoms with E-state index in [1.807, 2.05) is 13.0 Å². The average Bonchev–Trinajstić information content (AvgIpc) is 2.83. The molecular formula is C16H20N2O3S. The van der Waals surface area contributed by atoms with Crippen molar-refractivity contribution in [2.45, 2.75) is 52.2 Å². The standard InChI is InChI=1S/C16H20N2O3S/c1-10-4-3-5-12(6-10)21-14(19)8-18-9-17-15-13(16(18)20)7-11(2)22-15/h7,9-10,12H,3-6,8H2,1-2H3/t10-,12+/m0/s1. The molecule has 1 aliphatic carbocycles. The van der Waals surface area contributed by atoms with E-state index in [2.05, 4.69) is 11.9 Å². The summed E-state index contributed by atoms with van der Waals surface area (Å²) in [6.45, 7) is 4.05. The van der Waals surface area contributed by atoms with Gasteiger partial charge in [0.25, 0.3) is 5.56 Å². The first-order valence-electron chi connectivity index (χ1n) is 7.68.